The molecular weight excluding hydrogens is 169 g/mol. The standard InChI is InChI=1S/Si6/c1-2-6-4-3-5(1)6. The second-order valence-electron chi connectivity index (χ2n) is 1.25. The van der Waals surface area contributed by atoms with Crippen LogP contribution >= 0.6 is 0 Å². The van der Waals surface area contributed by atoms with Gasteiger partial charge in [-0.3, -0.25) is 0 Å². The van der Waals surface area contributed by atoms with Gasteiger partial charge in [-0.15, -0.1) is 0 Å². The largest absolute Gasteiger partial charge is 0.0520 e. The van der Waals surface area contributed by atoms with Crippen LogP contribution in [0.1, 0.15) is 0 Å². The van der Waals surface area contributed by atoms with Crippen LogP contribution in [0.3, 0.4) is 0 Å². The molecule has 0 nitrogen and oxygen atoms in total. The van der Waals surface area contributed by atoms with Gasteiger partial charge < -0.3 is 0 Å². The van der Waals surface area contributed by atoms with Crippen molar-refractivity contribution >= 4 is 47.2 Å². The molecule has 0 saturated carbocycles. The first kappa shape index (κ1) is 4.21. The Morgan fingerprint density at radius 3 is 1.00 bits per heavy atom. The summed E-state index contributed by atoms with van der Waals surface area (Å²) in [5, 5.41) is 0. The van der Waals surface area contributed by atoms with Crippen LogP contribution in [0.5, 0.6) is 0 Å². The molecule has 2 aliphatic rings. The highest BCUT2D eigenvalue weighted by atomic mass is 30.4. The minimum atomic E-state index is 0.592. The van der Waals surface area contributed by atoms with Gasteiger partial charge in [0.05, 0.1) is 14.7 Å². The Kier molecular flexibility index (Phi) is 0.972. The van der Waals surface area contributed by atoms with Crippen molar-refractivity contribution < 1.29 is 0 Å². The van der Waals surface area contributed by atoms with Crippen molar-refractivity contribution in [2.75, 3.05) is 0 Å². The van der Waals surface area contributed by atoms with E-state index in [1.54, 1.807) is 32.5 Å². The van der Waals surface area contributed by atoms with E-state index in [-0.39, 0.29) is 0 Å². The predicted octanol–water partition coefficient (Wildman–Crippen LogP) is -2.28. The summed E-state index contributed by atoms with van der Waals surface area (Å²) in [4.78, 5) is 0. The summed E-state index contributed by atoms with van der Waals surface area (Å²) in [6, 6.07) is 0. The van der Waals surface area contributed by atoms with Crippen molar-refractivity contribution in [1.29, 1.82) is 0 Å². The van der Waals surface area contributed by atoms with Crippen molar-refractivity contribution in [2.45, 2.75) is 0 Å². The fraction of sp³-hybridized carbons (Fsp3) is 0. The van der Waals surface area contributed by atoms with Crippen LogP contribution in [0.25, 0.3) is 0 Å². The summed E-state index contributed by atoms with van der Waals surface area (Å²) < 4.78 is 0. The number of hydrogen-bond acceptors (Lipinski definition) is 0. The third-order valence-corrected chi connectivity index (χ3v) is 70.9. The van der Waals surface area contributed by atoms with E-state index in [0.29, 0.717) is 14.7 Å². The van der Waals surface area contributed by atoms with Gasteiger partial charge in [0.15, 0.2) is 0 Å². The molecule has 6 heavy (non-hydrogen) atoms. The molecule has 0 fully saturated rings. The van der Waals surface area contributed by atoms with Gasteiger partial charge in [-0.05, 0) is 32.5 Å². The Bertz CT molecular complexity index is 92.0. The van der Waals surface area contributed by atoms with Gasteiger partial charge in [0.1, 0.15) is 0 Å². The first-order valence-electron chi connectivity index (χ1n) is 1.75. The molecule has 2 heterocycles. The zero-order valence-corrected chi connectivity index (χ0v) is 9.00. The molecule has 0 aromatic heterocycles. The van der Waals surface area contributed by atoms with Crippen LogP contribution in [0.15, 0.2) is 0 Å². The smallest absolute Gasteiger partial charge is 0.0260 e. The normalized spacial score (nSPS) is 28.7. The van der Waals surface area contributed by atoms with Gasteiger partial charge in [-0.1, -0.05) is 0 Å². The van der Waals surface area contributed by atoms with Gasteiger partial charge in [-0.25, -0.2) is 0 Å². The van der Waals surface area contributed by atoms with E-state index in [9.17, 15) is 0 Å². The van der Waals surface area contributed by atoms with Crippen LogP contribution in [0, 0.1) is 0 Å². The zero-order chi connectivity index (χ0) is 3.98. The van der Waals surface area contributed by atoms with Crippen LogP contribution in [0.4, 0.5) is 0 Å². The first-order chi connectivity index (χ1) is 2.97. The zero-order valence-electron chi connectivity index (χ0n) is 3.00. The highest BCUT2D eigenvalue weighted by Crippen LogP contribution is 1.90. The van der Waals surface area contributed by atoms with Gasteiger partial charge >= 0.3 is 0 Å². The van der Waals surface area contributed by atoms with Crippen molar-refractivity contribution in [3.8, 4) is 0 Å². The quantitative estimate of drug-likeness (QED) is 0.358. The highest BCUT2D eigenvalue weighted by Gasteiger charge is 2.30. The Labute approximate surface area is 47.4 Å². The molecule has 0 unspecified atom stereocenters. The third-order valence-electron chi connectivity index (χ3n) is 0.875. The van der Waals surface area contributed by atoms with Crippen molar-refractivity contribution in [3.63, 3.8) is 0 Å². The van der Waals surface area contributed by atoms with Gasteiger partial charge in [0, 0.05) is 0 Å². The summed E-state index contributed by atoms with van der Waals surface area (Å²) in [6.45, 7) is 0. The molecule has 0 saturated heterocycles. The summed E-state index contributed by atoms with van der Waals surface area (Å²) in [5.74, 6) is 0. The molecule has 0 spiro atoms. The summed E-state index contributed by atoms with van der Waals surface area (Å²) in [5.41, 5.74) is 0. The van der Waals surface area contributed by atoms with Gasteiger partial charge in [0.25, 0.3) is 0 Å². The number of fused-ring (bicyclic) bond motifs is 1. The average molecular weight is 169 g/mol. The lowest BCUT2D eigenvalue weighted by molar-refractivity contribution is 3.48. The van der Waals surface area contributed by atoms with Gasteiger partial charge in [0.2, 0.25) is 0 Å². The average Bonchev–Trinajstić information content (AvgIpc) is 1.54. The number of hydrogen-bond donors (Lipinski definition) is 0. The summed E-state index contributed by atoms with van der Waals surface area (Å²) in [6.07, 6.45) is 0. The first-order valence-corrected chi connectivity index (χ1v) is 15.8. The molecule has 6 heteroatoms. The molecule has 0 aromatic carbocycles. The molecular formula is Si6. The second-order valence-corrected chi connectivity index (χ2v) is 33.8. The maximum absolute atomic E-state index is 1.56. The van der Waals surface area contributed by atoms with Crippen LogP contribution in [0.2, 0.25) is 0 Å². The Morgan fingerprint density at radius 2 is 1.00 bits per heavy atom. The molecule has 0 aromatic rings. The maximum atomic E-state index is 1.56. The van der Waals surface area contributed by atoms with Crippen LogP contribution in [-0.4, -0.2) is 47.2 Å². The third kappa shape index (κ3) is 0.419. The molecule has 24 valence electrons. The summed E-state index contributed by atoms with van der Waals surface area (Å²) >= 11 is 0. The predicted molar refractivity (Wildman–Crippen MR) is 34.5 cm³/mol. The van der Waals surface area contributed by atoms with E-state index < -0.39 is 0 Å². The lowest BCUT2D eigenvalue weighted by Gasteiger charge is -2.26. The fourth-order valence-electron chi connectivity index (χ4n) is 0.438. The maximum Gasteiger partial charge on any atom is 0.0520 e. The second kappa shape index (κ2) is 1.39. The van der Waals surface area contributed by atoms with E-state index in [4.69, 9.17) is 0 Å². The molecule has 0 atom stereocenters. The Hall–Kier alpha value is 1.30. The van der Waals surface area contributed by atoms with Crippen LogP contribution < -0.4 is 0 Å². The lowest BCUT2D eigenvalue weighted by Crippen LogP contribution is -2.65. The van der Waals surface area contributed by atoms with E-state index in [1.807, 2.05) is 0 Å². The topological polar surface area (TPSA) is 0 Å². The molecule has 6 radical (unpaired) electrons. The van der Waals surface area contributed by atoms with Crippen molar-refractivity contribution in [3.05, 3.63) is 0 Å². The van der Waals surface area contributed by atoms with E-state index in [1.165, 1.54) is 0 Å². The minimum Gasteiger partial charge on any atom is -0.0260 e. The molecule has 0 aliphatic carbocycles. The van der Waals surface area contributed by atoms with Crippen LogP contribution in [-0.2, 0) is 0 Å². The SMILES string of the molecule is [Si]1=[Si][Si]2[Si]=[Si][Si]12. The molecule has 2 rings (SSSR count). The Morgan fingerprint density at radius 1 is 0.667 bits per heavy atom. The van der Waals surface area contributed by atoms with Gasteiger partial charge in [-0.2, -0.15) is 0 Å². The lowest BCUT2D eigenvalue weighted by atomic mass is 25.8. The Balaban J connectivity index is 2.40. The molecule has 2 aliphatic heterocycles. The number of rotatable bonds is 0. The summed E-state index contributed by atoms with van der Waals surface area (Å²) in [7, 11) is 7.41. The van der Waals surface area contributed by atoms with E-state index in [2.05, 4.69) is 0 Å². The fourth-order valence-corrected chi connectivity index (χ4v) is 86.1. The van der Waals surface area contributed by atoms with E-state index in [0.717, 1.165) is 0 Å². The minimum absolute atomic E-state index is 0.592. The van der Waals surface area contributed by atoms with Crippen molar-refractivity contribution in [2.24, 2.45) is 0 Å². The monoisotopic (exact) mass is 168 g/mol. The van der Waals surface area contributed by atoms with Crippen molar-refractivity contribution in [1.82, 2.24) is 0 Å². The molecule has 0 amide bonds. The van der Waals surface area contributed by atoms with E-state index >= 15 is 0 Å². The highest BCUT2D eigenvalue weighted by molar-refractivity contribution is 8.03. The molecule has 0 N–H and O–H groups in total. The molecule has 0 bridgehead atoms.